The van der Waals surface area contributed by atoms with E-state index in [9.17, 15) is 24.0 Å². The second-order valence-electron chi connectivity index (χ2n) is 15.2. The van der Waals surface area contributed by atoms with Crippen LogP contribution >= 0.6 is 0 Å². The van der Waals surface area contributed by atoms with Crippen LogP contribution in [0.25, 0.3) is 21.7 Å². The summed E-state index contributed by atoms with van der Waals surface area (Å²) < 4.78 is 8.28. The number of carbonyl (C=O) groups excluding carboxylic acids is 5. The first-order valence-electron chi connectivity index (χ1n) is 19.4. The number of hydrogen-bond donors (Lipinski definition) is 2. The topological polar surface area (TPSA) is 146 Å². The van der Waals surface area contributed by atoms with E-state index in [1.54, 1.807) is 31.4 Å². The maximum atomic E-state index is 14.5. The van der Waals surface area contributed by atoms with E-state index < -0.39 is 6.04 Å². The molecule has 296 valence electrons. The molecule has 1 fully saturated rings. The van der Waals surface area contributed by atoms with Crippen molar-refractivity contribution in [1.82, 2.24) is 34.9 Å². The summed E-state index contributed by atoms with van der Waals surface area (Å²) in [5.41, 5.74) is 3.89. The van der Waals surface area contributed by atoms with Gasteiger partial charge in [0.15, 0.2) is 0 Å². The normalized spacial score (nSPS) is 19.5. The van der Waals surface area contributed by atoms with Gasteiger partial charge in [0.1, 0.15) is 18.4 Å². The zero-order valence-electron chi connectivity index (χ0n) is 32.9. The smallest absolute Gasteiger partial charge is 0.256 e. The molecule has 0 unspecified atom stereocenters. The number of fused-ring (bicyclic) bond motifs is 3. The van der Waals surface area contributed by atoms with Gasteiger partial charge in [0.2, 0.25) is 23.6 Å². The molecule has 2 aromatic heterocycles. The summed E-state index contributed by atoms with van der Waals surface area (Å²) in [6.07, 6.45) is 4.70. The maximum Gasteiger partial charge on any atom is 0.256 e. The lowest BCUT2D eigenvalue weighted by molar-refractivity contribution is -0.140. The molecule has 0 radical (unpaired) electrons. The molecule has 0 saturated carbocycles. The van der Waals surface area contributed by atoms with Crippen molar-refractivity contribution in [3.05, 3.63) is 108 Å². The molecule has 4 heterocycles. The SMILES string of the molecule is Cc1c2c3cc(ccc3n1C)OC[C@@H]1C[C@@H](NC(=O)CCc3ccncc3)CN1C(=O)CN(C)C(=O)CC[C@@H](C(=O)NCc1ccc3ccccc3c1)N(C)C2=O. The molecule has 1 saturated heterocycles. The summed E-state index contributed by atoms with van der Waals surface area (Å²) in [5, 5.41) is 8.91. The quantitative estimate of drug-likeness (QED) is 0.253. The Balaban J connectivity index is 1.13. The largest absolute Gasteiger partial charge is 0.491 e. The molecular formula is C44H49N7O6. The van der Waals surface area contributed by atoms with E-state index >= 15 is 0 Å². The lowest BCUT2D eigenvalue weighted by atomic mass is 10.0. The first kappa shape index (κ1) is 39.0. The summed E-state index contributed by atoms with van der Waals surface area (Å²) in [6, 6.07) is 21.6. The van der Waals surface area contributed by atoms with Gasteiger partial charge in [0.25, 0.3) is 5.91 Å². The minimum atomic E-state index is -0.985. The van der Waals surface area contributed by atoms with Crippen molar-refractivity contribution in [2.75, 3.05) is 33.8 Å². The van der Waals surface area contributed by atoms with Gasteiger partial charge in [-0.25, -0.2) is 0 Å². The monoisotopic (exact) mass is 771 g/mol. The summed E-state index contributed by atoms with van der Waals surface area (Å²) in [5.74, 6) is -0.951. The third kappa shape index (κ3) is 8.62. The molecular weight excluding hydrogens is 723 g/mol. The van der Waals surface area contributed by atoms with Crippen molar-refractivity contribution in [1.29, 1.82) is 0 Å². The van der Waals surface area contributed by atoms with Crippen LogP contribution < -0.4 is 15.4 Å². The Morgan fingerprint density at radius 2 is 1.67 bits per heavy atom. The third-order valence-electron chi connectivity index (χ3n) is 11.4. The van der Waals surface area contributed by atoms with Gasteiger partial charge < -0.3 is 34.6 Å². The van der Waals surface area contributed by atoms with E-state index in [0.29, 0.717) is 36.0 Å². The first-order valence-corrected chi connectivity index (χ1v) is 19.4. The molecule has 7 rings (SSSR count). The fourth-order valence-electron chi connectivity index (χ4n) is 8.00. The molecule has 57 heavy (non-hydrogen) atoms. The van der Waals surface area contributed by atoms with Gasteiger partial charge in [-0.3, -0.25) is 29.0 Å². The van der Waals surface area contributed by atoms with Gasteiger partial charge >= 0.3 is 0 Å². The minimum Gasteiger partial charge on any atom is -0.491 e. The Morgan fingerprint density at radius 3 is 2.46 bits per heavy atom. The number of nitrogens with one attached hydrogen (secondary N) is 2. The number of likely N-dealkylation sites (N-methyl/N-ethyl adjacent to an activating group) is 2. The van der Waals surface area contributed by atoms with Crippen LogP contribution in [0.15, 0.2) is 85.2 Å². The fraction of sp³-hybridized carbons (Fsp3) is 0.364. The fourth-order valence-corrected chi connectivity index (χ4v) is 8.00. The molecule has 2 aliphatic rings. The number of rotatable bonds is 7. The van der Waals surface area contributed by atoms with Gasteiger partial charge in [0, 0.05) is 82.1 Å². The highest BCUT2D eigenvalue weighted by Gasteiger charge is 2.38. The van der Waals surface area contributed by atoms with Crippen LogP contribution in [0.1, 0.15) is 52.9 Å². The van der Waals surface area contributed by atoms with E-state index in [-0.39, 0.29) is 80.7 Å². The Morgan fingerprint density at radius 1 is 0.895 bits per heavy atom. The van der Waals surface area contributed by atoms with E-state index in [4.69, 9.17) is 4.74 Å². The predicted octanol–water partition coefficient (Wildman–Crippen LogP) is 4.14. The number of benzene rings is 3. The Hall–Kier alpha value is -6.24. The minimum absolute atomic E-state index is 0.0429. The van der Waals surface area contributed by atoms with Crippen LogP contribution in [-0.2, 0) is 39.2 Å². The molecule has 2 N–H and O–H groups in total. The number of carbonyl (C=O) groups is 5. The molecule has 5 amide bonds. The Kier molecular flexibility index (Phi) is 11.5. The summed E-state index contributed by atoms with van der Waals surface area (Å²) in [7, 11) is 5.04. The number of aryl methyl sites for hydroxylation is 2. The number of amides is 5. The molecule has 0 aliphatic carbocycles. The van der Waals surface area contributed by atoms with Gasteiger partial charge in [0.05, 0.1) is 18.2 Å². The highest BCUT2D eigenvalue weighted by molar-refractivity contribution is 6.09. The van der Waals surface area contributed by atoms with E-state index in [2.05, 4.69) is 15.6 Å². The Bertz CT molecular complexity index is 2320. The van der Waals surface area contributed by atoms with Gasteiger partial charge in [-0.2, -0.15) is 0 Å². The molecule has 5 aromatic rings. The standard InChI is InChI=1S/C44H49N7O6/c1-28-42-36-23-35(12-13-37(36)49(28)3)57-27-34-22-33(47-39(52)15-10-29-17-19-45-20-18-29)25-51(34)41(54)26-48(2)40(53)16-14-38(50(4)44(42)56)43(55)46-24-30-9-11-31-7-5-6-8-32(31)21-30/h5-9,11-13,17-21,23,33-34,38H,10,14-16,22,24-27H2,1-4H3,(H,46,55)(H,47,52)/t33-,34+,38+/m1/s1. The predicted molar refractivity (Wildman–Crippen MR) is 216 cm³/mol. The number of ether oxygens (including phenoxy) is 1. The highest BCUT2D eigenvalue weighted by atomic mass is 16.5. The van der Waals surface area contributed by atoms with Crippen LogP contribution in [0.3, 0.4) is 0 Å². The lowest BCUT2D eigenvalue weighted by Gasteiger charge is -2.29. The average Bonchev–Trinajstić information content (AvgIpc) is 3.74. The van der Waals surface area contributed by atoms with Crippen molar-refractivity contribution in [3.63, 3.8) is 0 Å². The summed E-state index contributed by atoms with van der Waals surface area (Å²) in [6.45, 7) is 2.33. The average molecular weight is 772 g/mol. The van der Waals surface area contributed by atoms with Crippen LogP contribution in [0.5, 0.6) is 5.75 Å². The van der Waals surface area contributed by atoms with Crippen LogP contribution in [0, 0.1) is 6.92 Å². The van der Waals surface area contributed by atoms with Gasteiger partial charge in [-0.15, -0.1) is 0 Å². The summed E-state index contributed by atoms with van der Waals surface area (Å²) in [4.78, 5) is 77.5. The number of pyridine rings is 1. The highest BCUT2D eigenvalue weighted by Crippen LogP contribution is 2.31. The zero-order valence-corrected chi connectivity index (χ0v) is 32.9. The number of aromatic nitrogens is 2. The second-order valence-corrected chi connectivity index (χ2v) is 15.2. The number of nitrogens with zero attached hydrogens (tertiary/aromatic N) is 5. The second kappa shape index (κ2) is 16.9. The molecule has 0 spiro atoms. The van der Waals surface area contributed by atoms with Gasteiger partial charge in [-0.05, 0) is 84.5 Å². The van der Waals surface area contributed by atoms with E-state index in [0.717, 1.165) is 33.1 Å². The van der Waals surface area contributed by atoms with Crippen LogP contribution in [0.4, 0.5) is 0 Å². The molecule has 2 bridgehead atoms. The van der Waals surface area contributed by atoms with Crippen molar-refractivity contribution < 1.29 is 28.7 Å². The molecule has 3 atom stereocenters. The van der Waals surface area contributed by atoms with Crippen LogP contribution in [-0.4, -0.2) is 106 Å². The van der Waals surface area contributed by atoms with Crippen molar-refractivity contribution in [2.24, 2.45) is 7.05 Å². The van der Waals surface area contributed by atoms with Crippen molar-refractivity contribution in [3.8, 4) is 5.75 Å². The zero-order chi connectivity index (χ0) is 40.2. The van der Waals surface area contributed by atoms with E-state index in [1.807, 2.05) is 91.3 Å². The van der Waals surface area contributed by atoms with Crippen LogP contribution in [0.2, 0.25) is 0 Å². The maximum absolute atomic E-state index is 14.5. The molecule has 2 aliphatic heterocycles. The third-order valence-corrected chi connectivity index (χ3v) is 11.4. The Labute approximate surface area is 332 Å². The summed E-state index contributed by atoms with van der Waals surface area (Å²) >= 11 is 0. The lowest BCUT2D eigenvalue weighted by Crippen LogP contribution is -2.48. The van der Waals surface area contributed by atoms with Crippen molar-refractivity contribution >= 4 is 51.2 Å². The molecule has 13 nitrogen and oxygen atoms in total. The molecule has 13 heteroatoms. The van der Waals surface area contributed by atoms with E-state index in [1.165, 1.54) is 9.80 Å². The molecule has 3 aromatic carbocycles. The number of hydrogen-bond acceptors (Lipinski definition) is 7. The van der Waals surface area contributed by atoms with Gasteiger partial charge in [-0.1, -0.05) is 36.4 Å². The van der Waals surface area contributed by atoms with Crippen molar-refractivity contribution in [2.45, 2.75) is 63.7 Å². The first-order chi connectivity index (χ1) is 27.5.